The van der Waals surface area contributed by atoms with Gasteiger partial charge in [-0.2, -0.15) is 0 Å². The van der Waals surface area contributed by atoms with Gasteiger partial charge in [0.15, 0.2) is 0 Å². The molecule has 0 radical (unpaired) electrons. The van der Waals surface area contributed by atoms with Crippen LogP contribution in [0.3, 0.4) is 0 Å². The Morgan fingerprint density at radius 1 is 1.32 bits per heavy atom. The highest BCUT2D eigenvalue weighted by molar-refractivity contribution is 5.75. The van der Waals surface area contributed by atoms with Gasteiger partial charge in [0.1, 0.15) is 11.6 Å². The second-order valence-electron chi connectivity index (χ2n) is 7.29. The van der Waals surface area contributed by atoms with Crippen molar-refractivity contribution in [2.24, 2.45) is 0 Å². The van der Waals surface area contributed by atoms with E-state index in [0.29, 0.717) is 19.6 Å². The number of nitrogens with zero attached hydrogens (tertiary/aromatic N) is 3. The molecule has 1 aliphatic heterocycles. The maximum atomic E-state index is 13.4. The van der Waals surface area contributed by atoms with Gasteiger partial charge in [0.25, 0.3) is 0 Å². The van der Waals surface area contributed by atoms with Gasteiger partial charge in [-0.1, -0.05) is 6.07 Å². The highest BCUT2D eigenvalue weighted by Crippen LogP contribution is 2.28. The fourth-order valence-corrected chi connectivity index (χ4v) is 3.73. The fourth-order valence-electron chi connectivity index (χ4n) is 3.73. The molecule has 2 aromatic heterocycles. The number of H-pyrrole nitrogens is 1. The van der Waals surface area contributed by atoms with E-state index in [0.717, 1.165) is 47.4 Å². The molecule has 0 aliphatic carbocycles. The second kappa shape index (κ2) is 7.96. The lowest BCUT2D eigenvalue weighted by Gasteiger charge is -2.31. The number of likely N-dealkylation sites (tertiary alicyclic amines) is 1. The Morgan fingerprint density at radius 2 is 2.14 bits per heavy atom. The molecule has 0 bridgehead atoms. The molecule has 0 spiro atoms. The first kappa shape index (κ1) is 18.4. The molecule has 3 aromatic rings. The van der Waals surface area contributed by atoms with E-state index in [2.05, 4.69) is 20.3 Å². The maximum Gasteiger partial charge on any atom is 0.317 e. The Labute approximate surface area is 163 Å². The predicted octanol–water partition coefficient (Wildman–Crippen LogP) is 3.54. The summed E-state index contributed by atoms with van der Waals surface area (Å²) >= 11 is 0. The van der Waals surface area contributed by atoms with Gasteiger partial charge in [0, 0.05) is 43.9 Å². The average Bonchev–Trinajstić information content (AvgIpc) is 3.12. The van der Waals surface area contributed by atoms with Crippen molar-refractivity contribution in [1.29, 1.82) is 0 Å². The lowest BCUT2D eigenvalue weighted by molar-refractivity contribution is 0.180. The fraction of sp³-hybridized carbons (Fsp3) is 0.381. The first-order chi connectivity index (χ1) is 13.6. The summed E-state index contributed by atoms with van der Waals surface area (Å²) in [7, 11) is 0. The van der Waals surface area contributed by atoms with E-state index in [1.54, 1.807) is 12.3 Å². The molecule has 6 nitrogen and oxygen atoms in total. The zero-order chi connectivity index (χ0) is 19.5. The maximum absolute atomic E-state index is 13.4. The van der Waals surface area contributed by atoms with E-state index in [9.17, 15) is 9.18 Å². The van der Waals surface area contributed by atoms with Gasteiger partial charge >= 0.3 is 6.03 Å². The Morgan fingerprint density at radius 3 is 2.93 bits per heavy atom. The molecule has 0 atom stereocenters. The number of nitrogens with one attached hydrogen (secondary N) is 2. The molecule has 1 saturated heterocycles. The number of hydrogen-bond donors (Lipinski definition) is 2. The Balaban J connectivity index is 1.28. The first-order valence-electron chi connectivity index (χ1n) is 9.68. The number of aromatic amines is 1. The molecule has 28 heavy (non-hydrogen) atoms. The predicted molar refractivity (Wildman–Crippen MR) is 106 cm³/mol. The summed E-state index contributed by atoms with van der Waals surface area (Å²) in [6.45, 7) is 3.97. The minimum Gasteiger partial charge on any atom is -0.342 e. The van der Waals surface area contributed by atoms with E-state index in [-0.39, 0.29) is 17.8 Å². The summed E-state index contributed by atoms with van der Waals surface area (Å²) < 4.78 is 13.4. The molecule has 1 fully saturated rings. The molecule has 3 heterocycles. The summed E-state index contributed by atoms with van der Waals surface area (Å²) in [5.41, 5.74) is 3.66. The number of aryl methyl sites for hydroxylation is 1. The molecule has 1 aromatic carbocycles. The third kappa shape index (κ3) is 3.98. The van der Waals surface area contributed by atoms with Crippen LogP contribution in [-0.2, 0) is 6.42 Å². The number of piperidine rings is 1. The van der Waals surface area contributed by atoms with Crippen LogP contribution in [0.25, 0.3) is 11.0 Å². The van der Waals surface area contributed by atoms with Gasteiger partial charge < -0.3 is 15.2 Å². The van der Waals surface area contributed by atoms with Crippen LogP contribution in [0.15, 0.2) is 36.5 Å². The quantitative estimate of drug-likeness (QED) is 0.726. The van der Waals surface area contributed by atoms with E-state index in [4.69, 9.17) is 0 Å². The lowest BCUT2D eigenvalue weighted by Crippen LogP contribution is -2.44. The van der Waals surface area contributed by atoms with Crippen LogP contribution < -0.4 is 5.32 Å². The SMILES string of the molecule is Cc1cccnc1CCNC(=O)N1CCC(c2nc3ccc(F)cc3[nH]2)CC1. The standard InChI is InChI=1S/C21H24FN5O/c1-14-3-2-9-23-17(14)6-10-24-21(28)27-11-7-15(8-12-27)20-25-18-5-4-16(22)13-19(18)26-20/h2-5,9,13,15H,6-8,10-12H2,1H3,(H,24,28)(H,25,26). The van der Waals surface area contributed by atoms with Gasteiger partial charge in [0.2, 0.25) is 0 Å². The number of carbonyl (C=O) groups excluding carboxylic acids is 1. The lowest BCUT2D eigenvalue weighted by atomic mass is 9.96. The van der Waals surface area contributed by atoms with Gasteiger partial charge in [-0.3, -0.25) is 4.98 Å². The summed E-state index contributed by atoms with van der Waals surface area (Å²) in [5, 5.41) is 2.99. The summed E-state index contributed by atoms with van der Waals surface area (Å²) in [5.74, 6) is 0.872. The molecule has 0 saturated carbocycles. The number of aromatic nitrogens is 3. The molecule has 7 heteroatoms. The van der Waals surface area contributed by atoms with Crippen molar-refractivity contribution >= 4 is 17.1 Å². The zero-order valence-electron chi connectivity index (χ0n) is 15.9. The topological polar surface area (TPSA) is 73.9 Å². The van der Waals surface area contributed by atoms with Crippen molar-refractivity contribution in [2.45, 2.75) is 32.1 Å². The molecule has 1 aliphatic rings. The van der Waals surface area contributed by atoms with Gasteiger partial charge in [0.05, 0.1) is 11.0 Å². The molecule has 2 N–H and O–H groups in total. The number of imidazole rings is 1. The second-order valence-corrected chi connectivity index (χ2v) is 7.29. The highest BCUT2D eigenvalue weighted by atomic mass is 19.1. The molecular weight excluding hydrogens is 357 g/mol. The van der Waals surface area contributed by atoms with E-state index < -0.39 is 0 Å². The van der Waals surface area contributed by atoms with Crippen LogP contribution in [0.5, 0.6) is 0 Å². The number of carbonyl (C=O) groups is 1. The number of hydrogen-bond acceptors (Lipinski definition) is 3. The van der Waals surface area contributed by atoms with Gasteiger partial charge in [-0.05, 0) is 49.6 Å². The number of amides is 2. The van der Waals surface area contributed by atoms with Gasteiger partial charge in [-0.15, -0.1) is 0 Å². The largest absolute Gasteiger partial charge is 0.342 e. The normalized spacial score (nSPS) is 15.1. The summed E-state index contributed by atoms with van der Waals surface area (Å²) in [4.78, 5) is 26.5. The molecule has 4 rings (SSSR count). The van der Waals surface area contributed by atoms with Crippen molar-refractivity contribution in [1.82, 2.24) is 25.2 Å². The number of halogens is 1. The smallest absolute Gasteiger partial charge is 0.317 e. The molecule has 2 amide bonds. The third-order valence-corrected chi connectivity index (χ3v) is 5.39. The van der Waals surface area contributed by atoms with Crippen LogP contribution >= 0.6 is 0 Å². The minimum absolute atomic E-state index is 0.0290. The number of fused-ring (bicyclic) bond motifs is 1. The first-order valence-corrected chi connectivity index (χ1v) is 9.68. The molecule has 0 unspecified atom stereocenters. The number of rotatable bonds is 4. The van der Waals surface area contributed by atoms with Crippen molar-refractivity contribution < 1.29 is 9.18 Å². The Kier molecular flexibility index (Phi) is 5.23. The molecular formula is C21H24FN5O. The zero-order valence-corrected chi connectivity index (χ0v) is 15.9. The number of benzene rings is 1. The van der Waals surface area contributed by atoms with Crippen LogP contribution in [0.4, 0.5) is 9.18 Å². The average molecular weight is 381 g/mol. The monoisotopic (exact) mass is 381 g/mol. The van der Waals surface area contributed by atoms with Crippen molar-refractivity contribution in [3.8, 4) is 0 Å². The minimum atomic E-state index is -0.268. The van der Waals surface area contributed by atoms with E-state index in [1.807, 2.05) is 24.0 Å². The van der Waals surface area contributed by atoms with Crippen molar-refractivity contribution in [3.05, 3.63) is 59.4 Å². The highest BCUT2D eigenvalue weighted by Gasteiger charge is 2.25. The number of urea groups is 1. The van der Waals surface area contributed by atoms with E-state index in [1.165, 1.54) is 12.1 Å². The third-order valence-electron chi connectivity index (χ3n) is 5.39. The van der Waals surface area contributed by atoms with Crippen molar-refractivity contribution in [3.63, 3.8) is 0 Å². The van der Waals surface area contributed by atoms with Crippen LogP contribution in [0, 0.1) is 12.7 Å². The van der Waals surface area contributed by atoms with Crippen LogP contribution in [0.2, 0.25) is 0 Å². The van der Waals surface area contributed by atoms with Crippen LogP contribution in [0.1, 0.15) is 35.8 Å². The Bertz CT molecular complexity index is 978. The van der Waals surface area contributed by atoms with Gasteiger partial charge in [-0.25, -0.2) is 14.2 Å². The summed E-state index contributed by atoms with van der Waals surface area (Å²) in [6, 6.07) is 8.50. The van der Waals surface area contributed by atoms with E-state index >= 15 is 0 Å². The Hall–Kier alpha value is -2.96. The molecule has 146 valence electrons. The summed E-state index contributed by atoms with van der Waals surface area (Å²) in [6.07, 6.45) is 4.19. The number of pyridine rings is 1. The van der Waals surface area contributed by atoms with Crippen molar-refractivity contribution in [2.75, 3.05) is 19.6 Å². The van der Waals surface area contributed by atoms with Crippen LogP contribution in [-0.4, -0.2) is 45.5 Å².